The van der Waals surface area contributed by atoms with E-state index in [9.17, 15) is 0 Å². The maximum absolute atomic E-state index is 8.00. The summed E-state index contributed by atoms with van der Waals surface area (Å²) >= 11 is 0. The number of hydrogen-bond donors (Lipinski definition) is 0. The Morgan fingerprint density at radius 2 is 1.20 bits per heavy atom. The van der Waals surface area contributed by atoms with Crippen LogP contribution in [0.2, 0.25) is 0 Å². The molecule has 0 unspecified atom stereocenters. The van der Waals surface area contributed by atoms with Crippen molar-refractivity contribution in [3.05, 3.63) is 0 Å². The molecule has 5 heavy (non-hydrogen) atoms. The Morgan fingerprint density at radius 1 is 1.20 bits per heavy atom. The van der Waals surface area contributed by atoms with Crippen molar-refractivity contribution in [3.63, 3.8) is 0 Å². The van der Waals surface area contributed by atoms with Gasteiger partial charge in [0.25, 0.3) is 0 Å². The molecule has 0 aliphatic heterocycles. The molecule has 0 aromatic heterocycles. The molecule has 0 bridgehead atoms. The molecule has 0 heterocycles. The Labute approximate surface area is 62.7 Å². The second-order valence-corrected chi connectivity index (χ2v) is 0. The topological polar surface area (TPSA) is 17.1 Å². The third-order valence-corrected chi connectivity index (χ3v) is 0. The van der Waals surface area contributed by atoms with Crippen LogP contribution in [0.15, 0.2) is 0 Å². The fraction of sp³-hybridized carbons (Fsp3) is 0. The molecule has 1 nitrogen and oxygen atoms in total. The number of rotatable bonds is 0. The van der Waals surface area contributed by atoms with E-state index < -0.39 is 0 Å². The van der Waals surface area contributed by atoms with Gasteiger partial charge in [0.2, 0.25) is 0 Å². The van der Waals surface area contributed by atoms with Crippen LogP contribution in [0.3, 0.4) is 0 Å². The second kappa shape index (κ2) is 61.9. The first-order valence-electron chi connectivity index (χ1n) is 0.289. The standard InChI is InChI=1S/CH2O.Al.Co.Mn.3H/c1-2;;;;;;/h1H2;;;;;;. The Bertz CT molecular complexity index is 11.6. The monoisotopic (exact) mass is 174 g/mol. The molecule has 34 valence electrons. The minimum Gasteiger partial charge on any atom is -0.307 e. The average Bonchev–Trinajstić information content (AvgIpc) is 1.00. The van der Waals surface area contributed by atoms with Gasteiger partial charge in [-0.3, -0.25) is 0 Å². The average molecular weight is 174 g/mol. The second-order valence-electron chi connectivity index (χ2n) is 0. The summed E-state index contributed by atoms with van der Waals surface area (Å²) in [6.45, 7) is 2.00. The van der Waals surface area contributed by atoms with Gasteiger partial charge in [0, 0.05) is 33.8 Å². The molecule has 0 spiro atoms. The van der Waals surface area contributed by atoms with Crippen molar-refractivity contribution in [2.75, 3.05) is 0 Å². The van der Waals surface area contributed by atoms with E-state index in [-0.39, 0.29) is 51.2 Å². The maximum atomic E-state index is 8.00. The number of hydrogen-bond acceptors (Lipinski definition) is 1. The number of carbonyl (C=O) groups is 1. The molecule has 0 saturated carbocycles. The zero-order valence-electron chi connectivity index (χ0n) is 1.83. The molecule has 0 aliphatic carbocycles. The molecule has 0 atom stereocenters. The van der Waals surface area contributed by atoms with Crippen LogP contribution < -0.4 is 0 Å². The van der Waals surface area contributed by atoms with Crippen molar-refractivity contribution in [3.8, 4) is 0 Å². The first kappa shape index (κ1) is 34.3. The summed E-state index contributed by atoms with van der Waals surface area (Å²) in [7, 11) is 0. The van der Waals surface area contributed by atoms with Crippen molar-refractivity contribution in [1.29, 1.82) is 0 Å². The largest absolute Gasteiger partial charge is 0.307 e. The molecule has 0 aliphatic rings. The van der Waals surface area contributed by atoms with Gasteiger partial charge in [0.05, 0.1) is 0 Å². The van der Waals surface area contributed by atoms with Gasteiger partial charge in [-0.2, -0.15) is 0 Å². The van der Waals surface area contributed by atoms with Gasteiger partial charge in [-0.25, -0.2) is 0 Å². The zero-order chi connectivity index (χ0) is 2.00. The van der Waals surface area contributed by atoms with Crippen LogP contribution in [0.25, 0.3) is 0 Å². The molecule has 0 rings (SSSR count). The van der Waals surface area contributed by atoms with Crippen LogP contribution in [0.4, 0.5) is 0 Å². The van der Waals surface area contributed by atoms with E-state index in [1.54, 1.807) is 0 Å². The van der Waals surface area contributed by atoms with Gasteiger partial charge in [-0.05, 0) is 0 Å². The van der Waals surface area contributed by atoms with Crippen LogP contribution in [-0.4, -0.2) is 24.2 Å². The summed E-state index contributed by atoms with van der Waals surface area (Å²) in [5, 5.41) is 0. The maximum Gasteiger partial charge on any atom is 0.187 e. The Balaban J connectivity index is -0.00000000167. The molecule has 0 fully saturated rings. The van der Waals surface area contributed by atoms with E-state index in [0.717, 1.165) is 0 Å². The molecule has 0 aromatic rings. The van der Waals surface area contributed by atoms with Gasteiger partial charge in [0.1, 0.15) is 6.79 Å². The first-order valence-corrected chi connectivity index (χ1v) is 0.289. The van der Waals surface area contributed by atoms with Gasteiger partial charge >= 0.3 is 0 Å². The molecule has 0 saturated heterocycles. The van der Waals surface area contributed by atoms with E-state index >= 15 is 0 Å². The van der Waals surface area contributed by atoms with Gasteiger partial charge < -0.3 is 4.79 Å². The molecular weight excluding hydrogens is 169 g/mol. The summed E-state index contributed by atoms with van der Waals surface area (Å²) in [4.78, 5) is 8.00. The van der Waals surface area contributed by atoms with Crippen molar-refractivity contribution in [1.82, 2.24) is 0 Å². The van der Waals surface area contributed by atoms with Gasteiger partial charge in [-0.15, -0.1) is 0 Å². The fourth-order valence-electron chi connectivity index (χ4n) is 0. The predicted molar refractivity (Wildman–Crippen MR) is 17.1 cm³/mol. The molecule has 0 aromatic carbocycles. The summed E-state index contributed by atoms with van der Waals surface area (Å²) < 4.78 is 0. The summed E-state index contributed by atoms with van der Waals surface area (Å²) in [6, 6.07) is 0. The summed E-state index contributed by atoms with van der Waals surface area (Å²) in [6.07, 6.45) is 0. The van der Waals surface area contributed by atoms with Crippen LogP contribution in [0.5, 0.6) is 0 Å². The van der Waals surface area contributed by atoms with E-state index in [2.05, 4.69) is 0 Å². The first-order chi connectivity index (χ1) is 1.00. The van der Waals surface area contributed by atoms with E-state index in [4.69, 9.17) is 4.79 Å². The van der Waals surface area contributed by atoms with E-state index in [1.807, 2.05) is 6.79 Å². The third kappa shape index (κ3) is 36.1. The zero-order valence-corrected chi connectivity index (χ0v) is 4.05. The third-order valence-electron chi connectivity index (χ3n) is 0. The fourth-order valence-corrected chi connectivity index (χ4v) is 0. The molecule has 0 N–H and O–H groups in total. The normalized spacial score (nSPS) is 0.800. The van der Waals surface area contributed by atoms with Crippen molar-refractivity contribution < 1.29 is 38.6 Å². The Kier molecular flexibility index (Phi) is 425. The van der Waals surface area contributed by atoms with Crippen molar-refractivity contribution in [2.24, 2.45) is 0 Å². The minimum absolute atomic E-state index is 0. The minimum atomic E-state index is 0. The van der Waals surface area contributed by atoms with E-state index in [1.165, 1.54) is 0 Å². The summed E-state index contributed by atoms with van der Waals surface area (Å²) in [5.41, 5.74) is 0. The van der Waals surface area contributed by atoms with Crippen LogP contribution >= 0.6 is 0 Å². The van der Waals surface area contributed by atoms with Crippen LogP contribution in [0.1, 0.15) is 0 Å². The van der Waals surface area contributed by atoms with Gasteiger partial charge in [-0.1, -0.05) is 0 Å². The van der Waals surface area contributed by atoms with Crippen LogP contribution in [0, 0.1) is 0 Å². The van der Waals surface area contributed by atoms with E-state index in [0.29, 0.717) is 0 Å². The van der Waals surface area contributed by atoms with Crippen LogP contribution in [-0.2, 0) is 38.6 Å². The predicted octanol–water partition coefficient (Wildman–Crippen LogP) is -1.37. The molecule has 0 amide bonds. The molecule has 2 radical (unpaired) electrons. The SMILES string of the molecule is C=O.[AlH3].[Co].[Mn]. The molecular formula is CH5AlCoMnO. The van der Waals surface area contributed by atoms with Gasteiger partial charge in [0.15, 0.2) is 17.4 Å². The Hall–Kier alpha value is 1.23. The van der Waals surface area contributed by atoms with Crippen molar-refractivity contribution in [2.45, 2.75) is 0 Å². The number of carbonyl (C=O) groups excluding carboxylic acids is 1. The molecule has 4 heteroatoms. The quantitative estimate of drug-likeness (QED) is 0.414. The Morgan fingerprint density at radius 3 is 1.20 bits per heavy atom. The van der Waals surface area contributed by atoms with Crippen molar-refractivity contribution >= 4 is 24.2 Å². The summed E-state index contributed by atoms with van der Waals surface area (Å²) in [5.74, 6) is 0. The smallest absolute Gasteiger partial charge is 0.187 e.